The quantitative estimate of drug-likeness (QED) is 0.689. The Kier molecular flexibility index (Phi) is 4.30. The van der Waals surface area contributed by atoms with Crippen LogP contribution in [0.25, 0.3) is 10.1 Å². The van der Waals surface area contributed by atoms with Crippen LogP contribution in [-0.4, -0.2) is 16.5 Å². The molecule has 1 heterocycles. The molecule has 0 fully saturated rings. The number of carbonyl (C=O) groups excluding carboxylic acids is 1. The van der Waals surface area contributed by atoms with Crippen molar-refractivity contribution in [2.45, 2.75) is 20.4 Å². The van der Waals surface area contributed by atoms with Gasteiger partial charge in [0.2, 0.25) is 0 Å². The monoisotopic (exact) mass is 327 g/mol. The fourth-order valence-electron chi connectivity index (χ4n) is 2.56. The summed E-state index contributed by atoms with van der Waals surface area (Å²) in [5.74, 6) is -0.356. The normalized spacial score (nSPS) is 10.9. The van der Waals surface area contributed by atoms with Crippen molar-refractivity contribution < 1.29 is 9.53 Å². The van der Waals surface area contributed by atoms with E-state index in [-0.39, 0.29) is 18.1 Å². The second kappa shape index (κ2) is 6.38. The molecule has 0 amide bonds. The molecule has 2 aromatic carbocycles. The van der Waals surface area contributed by atoms with Crippen LogP contribution in [0, 0.1) is 13.8 Å². The highest BCUT2D eigenvalue weighted by molar-refractivity contribution is 7.13. The summed E-state index contributed by atoms with van der Waals surface area (Å²) in [6.45, 7) is 4.44. The molecule has 23 heavy (non-hydrogen) atoms. The molecule has 0 saturated carbocycles. The zero-order chi connectivity index (χ0) is 16.4. The standard InChI is InChI=1S/C18H17NO3S/c1-12-9-13(2)11-14(10-12)18(21)22-8-7-19-17(20)15-5-3-4-6-16(15)23-19/h3-6,9-11H,7-8H2,1-2H3. The maximum Gasteiger partial charge on any atom is 0.338 e. The van der Waals surface area contributed by atoms with E-state index in [1.807, 2.05) is 44.2 Å². The van der Waals surface area contributed by atoms with Gasteiger partial charge in [0.1, 0.15) is 6.61 Å². The summed E-state index contributed by atoms with van der Waals surface area (Å²) in [4.78, 5) is 24.3. The van der Waals surface area contributed by atoms with E-state index in [9.17, 15) is 9.59 Å². The summed E-state index contributed by atoms with van der Waals surface area (Å²) in [6, 6.07) is 13.1. The lowest BCUT2D eigenvalue weighted by Gasteiger charge is -2.06. The maximum absolute atomic E-state index is 12.2. The van der Waals surface area contributed by atoms with E-state index in [1.54, 1.807) is 16.1 Å². The number of hydrogen-bond acceptors (Lipinski definition) is 4. The van der Waals surface area contributed by atoms with Gasteiger partial charge in [-0.25, -0.2) is 4.79 Å². The zero-order valence-corrected chi connectivity index (χ0v) is 13.9. The minimum absolute atomic E-state index is 0.0342. The van der Waals surface area contributed by atoms with Gasteiger partial charge in [-0.3, -0.25) is 8.75 Å². The minimum Gasteiger partial charge on any atom is -0.460 e. The first-order chi connectivity index (χ1) is 11.0. The van der Waals surface area contributed by atoms with Gasteiger partial charge < -0.3 is 4.74 Å². The molecule has 0 saturated heterocycles. The molecule has 3 rings (SSSR count). The van der Waals surface area contributed by atoms with Crippen molar-refractivity contribution in [1.82, 2.24) is 3.96 Å². The molecule has 118 valence electrons. The molecule has 1 aromatic heterocycles. The predicted molar refractivity (Wildman–Crippen MR) is 92.3 cm³/mol. The van der Waals surface area contributed by atoms with Gasteiger partial charge in [0.05, 0.1) is 22.2 Å². The van der Waals surface area contributed by atoms with Crippen LogP contribution in [0.5, 0.6) is 0 Å². The van der Waals surface area contributed by atoms with Gasteiger partial charge >= 0.3 is 5.97 Å². The highest BCUT2D eigenvalue weighted by Gasteiger charge is 2.10. The van der Waals surface area contributed by atoms with Crippen LogP contribution in [0.2, 0.25) is 0 Å². The van der Waals surface area contributed by atoms with Crippen LogP contribution < -0.4 is 5.56 Å². The van der Waals surface area contributed by atoms with Gasteiger partial charge in [0, 0.05) is 0 Å². The first-order valence-corrected chi connectivity index (χ1v) is 8.16. The Morgan fingerprint density at radius 2 is 1.83 bits per heavy atom. The van der Waals surface area contributed by atoms with Crippen LogP contribution in [0.4, 0.5) is 0 Å². The van der Waals surface area contributed by atoms with E-state index < -0.39 is 0 Å². The average Bonchev–Trinajstić information content (AvgIpc) is 2.83. The molecule has 0 aliphatic heterocycles. The smallest absolute Gasteiger partial charge is 0.338 e. The summed E-state index contributed by atoms with van der Waals surface area (Å²) < 4.78 is 7.87. The van der Waals surface area contributed by atoms with E-state index in [0.29, 0.717) is 17.5 Å². The molecular formula is C18H17NO3S. The number of fused-ring (bicyclic) bond motifs is 1. The first kappa shape index (κ1) is 15.5. The lowest BCUT2D eigenvalue weighted by Crippen LogP contribution is -2.18. The number of hydrogen-bond donors (Lipinski definition) is 0. The summed E-state index contributed by atoms with van der Waals surface area (Å²) in [7, 11) is 0. The zero-order valence-electron chi connectivity index (χ0n) is 13.0. The van der Waals surface area contributed by atoms with Gasteiger partial charge in [-0.2, -0.15) is 0 Å². The second-order valence-electron chi connectivity index (χ2n) is 5.51. The molecule has 0 unspecified atom stereocenters. The maximum atomic E-state index is 12.2. The molecule has 3 aromatic rings. The average molecular weight is 327 g/mol. The van der Waals surface area contributed by atoms with Gasteiger partial charge in [0.15, 0.2) is 0 Å². The molecule has 0 spiro atoms. The van der Waals surface area contributed by atoms with E-state index in [1.165, 1.54) is 11.5 Å². The Hall–Kier alpha value is -2.40. The number of esters is 1. The highest BCUT2D eigenvalue weighted by Crippen LogP contribution is 2.16. The van der Waals surface area contributed by atoms with Crippen molar-refractivity contribution >= 4 is 27.6 Å². The fraction of sp³-hybridized carbons (Fsp3) is 0.222. The van der Waals surface area contributed by atoms with Crippen molar-refractivity contribution in [1.29, 1.82) is 0 Å². The van der Waals surface area contributed by atoms with Crippen molar-refractivity contribution in [3.8, 4) is 0 Å². The third kappa shape index (κ3) is 3.35. The van der Waals surface area contributed by atoms with Crippen LogP contribution >= 0.6 is 11.5 Å². The molecule has 0 N–H and O–H groups in total. The van der Waals surface area contributed by atoms with Crippen molar-refractivity contribution in [3.05, 3.63) is 69.5 Å². The van der Waals surface area contributed by atoms with Crippen LogP contribution in [0.3, 0.4) is 0 Å². The molecule has 0 radical (unpaired) electrons. The molecule has 0 atom stereocenters. The third-order valence-corrected chi connectivity index (χ3v) is 4.66. The largest absolute Gasteiger partial charge is 0.460 e. The number of ether oxygens (including phenoxy) is 1. The molecular weight excluding hydrogens is 310 g/mol. The van der Waals surface area contributed by atoms with Crippen LogP contribution in [0.1, 0.15) is 21.5 Å². The number of aromatic nitrogens is 1. The number of aryl methyl sites for hydroxylation is 2. The Bertz CT molecular complexity index is 903. The summed E-state index contributed by atoms with van der Waals surface area (Å²) in [6.07, 6.45) is 0. The first-order valence-electron chi connectivity index (χ1n) is 7.39. The van der Waals surface area contributed by atoms with E-state index in [0.717, 1.165) is 15.8 Å². The Morgan fingerprint density at radius 1 is 1.13 bits per heavy atom. The lowest BCUT2D eigenvalue weighted by atomic mass is 10.1. The summed E-state index contributed by atoms with van der Waals surface area (Å²) in [5.41, 5.74) is 2.56. The van der Waals surface area contributed by atoms with E-state index in [4.69, 9.17) is 4.74 Å². The number of benzene rings is 2. The topological polar surface area (TPSA) is 48.3 Å². The summed E-state index contributed by atoms with van der Waals surface area (Å²) in [5, 5.41) is 0.707. The van der Waals surface area contributed by atoms with Gasteiger partial charge in [-0.15, -0.1) is 0 Å². The van der Waals surface area contributed by atoms with E-state index >= 15 is 0 Å². The lowest BCUT2D eigenvalue weighted by molar-refractivity contribution is 0.0493. The van der Waals surface area contributed by atoms with Crippen LogP contribution in [-0.2, 0) is 11.3 Å². The van der Waals surface area contributed by atoms with Gasteiger partial charge in [0.25, 0.3) is 5.56 Å². The SMILES string of the molecule is Cc1cc(C)cc(C(=O)OCCn2sc3ccccc3c2=O)c1. The van der Waals surface area contributed by atoms with Crippen LogP contribution in [0.15, 0.2) is 47.3 Å². The Balaban J connectivity index is 1.67. The fourth-order valence-corrected chi connectivity index (χ4v) is 3.54. The van der Waals surface area contributed by atoms with Gasteiger partial charge in [-0.1, -0.05) is 40.9 Å². The van der Waals surface area contributed by atoms with Gasteiger partial charge in [-0.05, 0) is 38.1 Å². The third-order valence-electron chi connectivity index (χ3n) is 3.54. The number of rotatable bonds is 4. The highest BCUT2D eigenvalue weighted by atomic mass is 32.1. The molecule has 5 heteroatoms. The second-order valence-corrected chi connectivity index (χ2v) is 6.57. The predicted octanol–water partition coefficient (Wildman–Crippen LogP) is 3.54. The minimum atomic E-state index is -0.356. The Morgan fingerprint density at radius 3 is 2.52 bits per heavy atom. The molecule has 0 bridgehead atoms. The molecule has 0 aliphatic carbocycles. The number of nitrogens with zero attached hydrogens (tertiary/aromatic N) is 1. The van der Waals surface area contributed by atoms with E-state index in [2.05, 4.69) is 0 Å². The van der Waals surface area contributed by atoms with Crippen molar-refractivity contribution in [2.24, 2.45) is 0 Å². The molecule has 4 nitrogen and oxygen atoms in total. The number of carbonyl (C=O) groups is 1. The molecule has 0 aliphatic rings. The van der Waals surface area contributed by atoms with Crippen molar-refractivity contribution in [3.63, 3.8) is 0 Å². The summed E-state index contributed by atoms with van der Waals surface area (Å²) >= 11 is 1.39. The van der Waals surface area contributed by atoms with Crippen molar-refractivity contribution in [2.75, 3.05) is 6.61 Å². The Labute approximate surface area is 138 Å².